The molecule has 0 aromatic heterocycles. The summed E-state index contributed by atoms with van der Waals surface area (Å²) in [7, 11) is 0. The Morgan fingerprint density at radius 2 is 1.83 bits per heavy atom. The minimum absolute atomic E-state index is 0.0601. The van der Waals surface area contributed by atoms with Gasteiger partial charge in [0.05, 0.1) is 10.5 Å². The van der Waals surface area contributed by atoms with Crippen molar-refractivity contribution in [3.05, 3.63) is 38.9 Å². The summed E-state index contributed by atoms with van der Waals surface area (Å²) in [5.41, 5.74) is -1.85. The smallest absolute Gasteiger partial charge is 0.325 e. The van der Waals surface area contributed by atoms with Crippen molar-refractivity contribution in [3.63, 3.8) is 0 Å². The van der Waals surface area contributed by atoms with Gasteiger partial charge < -0.3 is 4.74 Å². The highest BCUT2D eigenvalue weighted by Gasteiger charge is 2.38. The van der Waals surface area contributed by atoms with Crippen molar-refractivity contribution in [1.82, 2.24) is 0 Å². The van der Waals surface area contributed by atoms with E-state index >= 15 is 0 Å². The van der Waals surface area contributed by atoms with E-state index in [-0.39, 0.29) is 10.6 Å². The number of Topliss-reactive ketones (excluding diaryl/α,β-unsaturated/α-hetero) is 2. The average molecular weight is 342 g/mol. The number of hydrogen-bond acceptors (Lipinski definition) is 6. The van der Waals surface area contributed by atoms with Crippen LogP contribution in [0.15, 0.2) is 18.2 Å². The lowest BCUT2D eigenvalue weighted by Gasteiger charge is -2.22. The van der Waals surface area contributed by atoms with Gasteiger partial charge in [-0.05, 0) is 39.8 Å². The van der Waals surface area contributed by atoms with E-state index in [1.165, 1.54) is 6.07 Å². The molecule has 0 aliphatic heterocycles. The molecule has 8 heteroatoms. The molecule has 0 amide bonds. The highest BCUT2D eigenvalue weighted by atomic mass is 35.5. The first-order chi connectivity index (χ1) is 10.4. The molecule has 1 aromatic carbocycles. The maximum atomic E-state index is 12.5. The lowest BCUT2D eigenvalue weighted by Crippen LogP contribution is -2.36. The zero-order valence-corrected chi connectivity index (χ0v) is 13.8. The van der Waals surface area contributed by atoms with Gasteiger partial charge in [0.15, 0.2) is 17.5 Å². The molecule has 1 atom stereocenters. The number of rotatable bonds is 5. The van der Waals surface area contributed by atoms with Crippen molar-refractivity contribution in [2.75, 3.05) is 0 Å². The number of ketones is 2. The molecule has 23 heavy (non-hydrogen) atoms. The zero-order chi connectivity index (χ0) is 17.9. The monoisotopic (exact) mass is 341 g/mol. The third-order valence-corrected chi connectivity index (χ3v) is 2.97. The van der Waals surface area contributed by atoms with E-state index in [1.54, 1.807) is 20.8 Å². The molecule has 0 radical (unpaired) electrons. The fourth-order valence-electron chi connectivity index (χ4n) is 1.84. The largest absolute Gasteiger partial charge is 0.459 e. The Labute approximate surface area is 137 Å². The molecule has 1 aromatic rings. The Morgan fingerprint density at radius 1 is 1.26 bits per heavy atom. The van der Waals surface area contributed by atoms with Crippen molar-refractivity contribution in [2.24, 2.45) is 5.92 Å². The maximum absolute atomic E-state index is 12.5. The fraction of sp³-hybridized carbons (Fsp3) is 0.400. The minimum Gasteiger partial charge on any atom is -0.459 e. The van der Waals surface area contributed by atoms with Gasteiger partial charge >= 0.3 is 5.97 Å². The standard InChI is InChI=1S/C15H16ClNO6/c1-8(18)12(14(20)23-15(2,3)4)13(19)10-6-5-9(16)7-11(10)17(21)22/h5-7,12H,1-4H3. The van der Waals surface area contributed by atoms with Crippen molar-refractivity contribution in [2.45, 2.75) is 33.3 Å². The topological polar surface area (TPSA) is 104 Å². The van der Waals surface area contributed by atoms with Gasteiger partial charge in [-0.15, -0.1) is 0 Å². The van der Waals surface area contributed by atoms with Crippen LogP contribution in [0.5, 0.6) is 0 Å². The van der Waals surface area contributed by atoms with Gasteiger partial charge in [-0.1, -0.05) is 11.6 Å². The molecule has 124 valence electrons. The minimum atomic E-state index is -1.76. The molecule has 0 fully saturated rings. The lowest BCUT2D eigenvalue weighted by atomic mass is 9.93. The molecule has 1 unspecified atom stereocenters. The van der Waals surface area contributed by atoms with Crippen LogP contribution in [0.4, 0.5) is 5.69 Å². The summed E-state index contributed by atoms with van der Waals surface area (Å²) in [6, 6.07) is 3.37. The van der Waals surface area contributed by atoms with Crippen LogP contribution in [-0.4, -0.2) is 28.1 Å². The summed E-state index contributed by atoms with van der Waals surface area (Å²) in [4.78, 5) is 46.6. The summed E-state index contributed by atoms with van der Waals surface area (Å²) in [5, 5.41) is 11.1. The van der Waals surface area contributed by atoms with E-state index in [1.807, 2.05) is 0 Å². The molecule has 0 heterocycles. The van der Waals surface area contributed by atoms with E-state index < -0.39 is 39.7 Å². The summed E-state index contributed by atoms with van der Waals surface area (Å²) in [5.74, 6) is -4.54. The Kier molecular flexibility index (Phi) is 5.60. The Bertz CT molecular complexity index is 677. The number of carbonyl (C=O) groups excluding carboxylic acids is 3. The second kappa shape index (κ2) is 6.87. The summed E-state index contributed by atoms with van der Waals surface area (Å²) in [6.45, 7) is 5.79. The Hall–Kier alpha value is -2.28. The third-order valence-electron chi connectivity index (χ3n) is 2.73. The normalized spacial score (nSPS) is 12.4. The molecular weight excluding hydrogens is 326 g/mol. The number of halogens is 1. The third kappa shape index (κ3) is 4.85. The SMILES string of the molecule is CC(=O)C(C(=O)OC(C)(C)C)C(=O)c1ccc(Cl)cc1[N+](=O)[O-]. The zero-order valence-electron chi connectivity index (χ0n) is 13.1. The predicted molar refractivity (Wildman–Crippen MR) is 82.5 cm³/mol. The van der Waals surface area contributed by atoms with E-state index in [0.717, 1.165) is 19.1 Å². The van der Waals surface area contributed by atoms with Crippen LogP contribution in [0, 0.1) is 16.0 Å². The quantitative estimate of drug-likeness (QED) is 0.268. The number of nitro groups is 1. The highest BCUT2D eigenvalue weighted by molar-refractivity contribution is 6.31. The summed E-state index contributed by atoms with van der Waals surface area (Å²) >= 11 is 5.68. The van der Waals surface area contributed by atoms with Gasteiger partial charge in [0.2, 0.25) is 0 Å². The number of ether oxygens (including phenoxy) is 1. The van der Waals surface area contributed by atoms with Crippen LogP contribution in [0.25, 0.3) is 0 Å². The molecular formula is C15H16ClNO6. The molecule has 0 bridgehead atoms. The molecule has 1 rings (SSSR count). The predicted octanol–water partition coefficient (Wildman–Crippen LogP) is 2.98. The first-order valence-corrected chi connectivity index (χ1v) is 7.03. The molecule has 0 N–H and O–H groups in total. The van der Waals surface area contributed by atoms with Crippen LogP contribution >= 0.6 is 11.6 Å². The first-order valence-electron chi connectivity index (χ1n) is 6.65. The van der Waals surface area contributed by atoms with E-state index in [2.05, 4.69) is 0 Å². The molecule has 0 aliphatic carbocycles. The van der Waals surface area contributed by atoms with E-state index in [9.17, 15) is 24.5 Å². The lowest BCUT2D eigenvalue weighted by molar-refractivity contribution is -0.385. The Morgan fingerprint density at radius 3 is 2.26 bits per heavy atom. The summed E-state index contributed by atoms with van der Waals surface area (Å²) in [6.07, 6.45) is 0. The number of benzene rings is 1. The van der Waals surface area contributed by atoms with Crippen LogP contribution in [0.3, 0.4) is 0 Å². The van der Waals surface area contributed by atoms with Gasteiger partial charge in [0, 0.05) is 11.1 Å². The highest BCUT2D eigenvalue weighted by Crippen LogP contribution is 2.27. The van der Waals surface area contributed by atoms with Crippen LogP contribution in [0.1, 0.15) is 38.1 Å². The number of nitrogens with zero attached hydrogens (tertiary/aromatic N) is 1. The van der Waals surface area contributed by atoms with Crippen LogP contribution in [0.2, 0.25) is 5.02 Å². The molecule has 0 spiro atoms. The number of hydrogen-bond donors (Lipinski definition) is 0. The van der Waals surface area contributed by atoms with E-state index in [0.29, 0.717) is 0 Å². The van der Waals surface area contributed by atoms with Crippen molar-refractivity contribution in [3.8, 4) is 0 Å². The fourth-order valence-corrected chi connectivity index (χ4v) is 2.00. The van der Waals surface area contributed by atoms with Crippen molar-refractivity contribution < 1.29 is 24.0 Å². The van der Waals surface area contributed by atoms with Crippen LogP contribution < -0.4 is 0 Å². The number of esters is 1. The maximum Gasteiger partial charge on any atom is 0.325 e. The molecule has 7 nitrogen and oxygen atoms in total. The second-order valence-corrected chi connectivity index (χ2v) is 6.30. The molecule has 0 saturated heterocycles. The van der Waals surface area contributed by atoms with Gasteiger partial charge in [0.25, 0.3) is 5.69 Å². The molecule has 0 saturated carbocycles. The first kappa shape index (κ1) is 18.8. The number of nitro benzene ring substituents is 1. The van der Waals surface area contributed by atoms with Crippen LogP contribution in [-0.2, 0) is 14.3 Å². The van der Waals surface area contributed by atoms with Gasteiger partial charge in [0.1, 0.15) is 5.60 Å². The Balaban J connectivity index is 3.30. The second-order valence-electron chi connectivity index (χ2n) is 5.86. The van der Waals surface area contributed by atoms with Gasteiger partial charge in [-0.2, -0.15) is 0 Å². The van der Waals surface area contributed by atoms with Gasteiger partial charge in [-0.25, -0.2) is 0 Å². The van der Waals surface area contributed by atoms with E-state index in [4.69, 9.17) is 16.3 Å². The average Bonchev–Trinajstić information content (AvgIpc) is 2.35. The van der Waals surface area contributed by atoms with Crippen molar-refractivity contribution >= 4 is 34.8 Å². The van der Waals surface area contributed by atoms with Crippen molar-refractivity contribution in [1.29, 1.82) is 0 Å². The van der Waals surface area contributed by atoms with Gasteiger partial charge in [-0.3, -0.25) is 24.5 Å². The molecule has 0 aliphatic rings. The summed E-state index contributed by atoms with van der Waals surface area (Å²) < 4.78 is 5.05. The number of carbonyl (C=O) groups is 3.